The average molecular weight is 204 g/mol. The van der Waals surface area contributed by atoms with Crippen LogP contribution in [0, 0.1) is 13.8 Å². The summed E-state index contributed by atoms with van der Waals surface area (Å²) in [6.45, 7) is 3.62. The summed E-state index contributed by atoms with van der Waals surface area (Å²) in [5.74, 6) is 0.554. The maximum atomic E-state index is 9.19. The molecule has 1 N–H and O–H groups in total. The molecule has 2 aromatic rings. The zero-order chi connectivity index (χ0) is 10.8. The second-order valence-electron chi connectivity index (χ2n) is 3.40. The van der Waals surface area contributed by atoms with Crippen LogP contribution in [0.15, 0.2) is 22.7 Å². The summed E-state index contributed by atoms with van der Waals surface area (Å²) in [5, 5.41) is 13.0. The molecular weight excluding hydrogens is 192 g/mol. The van der Waals surface area contributed by atoms with Gasteiger partial charge in [0.05, 0.1) is 12.3 Å². The molecule has 0 spiro atoms. The van der Waals surface area contributed by atoms with Crippen LogP contribution in [-0.2, 0) is 6.61 Å². The first kappa shape index (κ1) is 9.86. The van der Waals surface area contributed by atoms with Gasteiger partial charge in [-0.3, -0.25) is 0 Å². The highest BCUT2D eigenvalue weighted by Crippen LogP contribution is 2.24. The number of nitrogens with zero attached hydrogens (tertiary/aromatic N) is 2. The molecule has 0 aliphatic heterocycles. The van der Waals surface area contributed by atoms with Crippen molar-refractivity contribution in [3.63, 3.8) is 0 Å². The van der Waals surface area contributed by atoms with Crippen molar-refractivity contribution in [2.24, 2.45) is 0 Å². The third-order valence-corrected chi connectivity index (χ3v) is 2.26. The van der Waals surface area contributed by atoms with Crippen molar-refractivity contribution < 1.29 is 9.63 Å². The van der Waals surface area contributed by atoms with E-state index >= 15 is 0 Å². The van der Waals surface area contributed by atoms with E-state index in [9.17, 15) is 5.11 Å². The number of pyridine rings is 1. The van der Waals surface area contributed by atoms with E-state index in [0.717, 1.165) is 5.69 Å². The molecule has 15 heavy (non-hydrogen) atoms. The highest BCUT2D eigenvalue weighted by atomic mass is 16.5. The smallest absolute Gasteiger partial charge is 0.190 e. The Balaban J connectivity index is 2.54. The third kappa shape index (κ3) is 1.76. The van der Waals surface area contributed by atoms with E-state index < -0.39 is 0 Å². The number of hydrogen-bond acceptors (Lipinski definition) is 4. The summed E-state index contributed by atoms with van der Waals surface area (Å²) in [6, 6.07) is 5.65. The number of aliphatic hydroxyl groups excluding tert-OH is 1. The molecule has 0 aliphatic carbocycles. The predicted molar refractivity (Wildman–Crippen MR) is 55.1 cm³/mol. The molecular formula is C11H12N2O2. The third-order valence-electron chi connectivity index (χ3n) is 2.26. The normalized spacial score (nSPS) is 10.6. The Bertz CT molecular complexity index is 477. The molecule has 2 rings (SSSR count). The lowest BCUT2D eigenvalue weighted by Crippen LogP contribution is -1.90. The molecule has 0 radical (unpaired) electrons. The zero-order valence-corrected chi connectivity index (χ0v) is 8.69. The molecule has 0 bridgehead atoms. The zero-order valence-electron chi connectivity index (χ0n) is 8.69. The summed E-state index contributed by atoms with van der Waals surface area (Å²) in [4.78, 5) is 4.32. The number of aromatic nitrogens is 2. The monoisotopic (exact) mass is 204 g/mol. The van der Waals surface area contributed by atoms with Gasteiger partial charge >= 0.3 is 0 Å². The lowest BCUT2D eigenvalue weighted by molar-refractivity contribution is 0.280. The van der Waals surface area contributed by atoms with E-state index in [2.05, 4.69) is 10.1 Å². The van der Waals surface area contributed by atoms with Crippen LogP contribution in [0.25, 0.3) is 11.5 Å². The van der Waals surface area contributed by atoms with Crippen LogP contribution in [0.5, 0.6) is 0 Å². The number of aryl methyl sites for hydroxylation is 2. The molecule has 0 amide bonds. The van der Waals surface area contributed by atoms with E-state index in [1.54, 1.807) is 6.92 Å². The van der Waals surface area contributed by atoms with Gasteiger partial charge in [-0.1, -0.05) is 11.2 Å². The summed E-state index contributed by atoms with van der Waals surface area (Å²) in [7, 11) is 0. The van der Waals surface area contributed by atoms with Gasteiger partial charge < -0.3 is 9.63 Å². The molecule has 2 aromatic heterocycles. The van der Waals surface area contributed by atoms with Crippen molar-refractivity contribution in [2.45, 2.75) is 20.5 Å². The van der Waals surface area contributed by atoms with E-state index in [0.29, 0.717) is 22.7 Å². The van der Waals surface area contributed by atoms with Crippen molar-refractivity contribution in [3.8, 4) is 11.5 Å². The van der Waals surface area contributed by atoms with Crippen LogP contribution in [-0.4, -0.2) is 15.2 Å². The summed E-state index contributed by atoms with van der Waals surface area (Å²) in [6.07, 6.45) is 0. The van der Waals surface area contributed by atoms with Gasteiger partial charge in [-0.15, -0.1) is 0 Å². The van der Waals surface area contributed by atoms with Gasteiger partial charge in [-0.05, 0) is 26.0 Å². The molecule has 0 fully saturated rings. The van der Waals surface area contributed by atoms with Crippen LogP contribution < -0.4 is 0 Å². The molecule has 0 aromatic carbocycles. The SMILES string of the molecule is Cc1cccc(-c2onc(C)c2CO)n1. The van der Waals surface area contributed by atoms with Gasteiger partial charge in [-0.2, -0.15) is 0 Å². The maximum absolute atomic E-state index is 9.19. The van der Waals surface area contributed by atoms with Crippen molar-refractivity contribution in [1.82, 2.24) is 10.1 Å². The first-order chi connectivity index (χ1) is 7.22. The number of aliphatic hydroxyl groups is 1. The molecule has 0 aliphatic rings. The minimum absolute atomic E-state index is 0.0830. The van der Waals surface area contributed by atoms with Crippen LogP contribution in [0.1, 0.15) is 17.0 Å². The van der Waals surface area contributed by atoms with Crippen LogP contribution in [0.4, 0.5) is 0 Å². The second kappa shape index (κ2) is 3.82. The summed E-state index contributed by atoms with van der Waals surface area (Å²) in [5.41, 5.74) is 3.02. The molecule has 2 heterocycles. The highest BCUT2D eigenvalue weighted by Gasteiger charge is 2.14. The molecule has 4 heteroatoms. The van der Waals surface area contributed by atoms with Crippen molar-refractivity contribution >= 4 is 0 Å². The van der Waals surface area contributed by atoms with Gasteiger partial charge in [0.25, 0.3) is 0 Å². The molecule has 78 valence electrons. The minimum atomic E-state index is -0.0830. The number of rotatable bonds is 2. The lowest BCUT2D eigenvalue weighted by atomic mass is 10.1. The Morgan fingerprint density at radius 3 is 2.80 bits per heavy atom. The van der Waals surface area contributed by atoms with Gasteiger partial charge in [0.15, 0.2) is 5.76 Å². The lowest BCUT2D eigenvalue weighted by Gasteiger charge is -1.99. The molecule has 0 saturated heterocycles. The Hall–Kier alpha value is -1.68. The molecule has 4 nitrogen and oxygen atoms in total. The fourth-order valence-corrected chi connectivity index (χ4v) is 1.45. The van der Waals surface area contributed by atoms with Gasteiger partial charge in [0.2, 0.25) is 0 Å². The fourth-order valence-electron chi connectivity index (χ4n) is 1.45. The van der Waals surface area contributed by atoms with Crippen LogP contribution >= 0.6 is 0 Å². The minimum Gasteiger partial charge on any atom is -0.391 e. The molecule has 0 atom stereocenters. The first-order valence-corrected chi connectivity index (χ1v) is 4.72. The predicted octanol–water partition coefficient (Wildman–Crippen LogP) is 1.85. The van der Waals surface area contributed by atoms with Gasteiger partial charge in [-0.25, -0.2) is 4.98 Å². The Labute approximate surface area is 87.6 Å². The maximum Gasteiger partial charge on any atom is 0.190 e. The Morgan fingerprint density at radius 1 is 1.33 bits per heavy atom. The van der Waals surface area contributed by atoms with E-state index in [-0.39, 0.29) is 6.61 Å². The number of hydrogen-bond donors (Lipinski definition) is 1. The van der Waals surface area contributed by atoms with E-state index in [1.807, 2.05) is 25.1 Å². The Morgan fingerprint density at radius 2 is 2.13 bits per heavy atom. The first-order valence-electron chi connectivity index (χ1n) is 4.72. The fraction of sp³-hybridized carbons (Fsp3) is 0.273. The van der Waals surface area contributed by atoms with Crippen LogP contribution in [0.2, 0.25) is 0 Å². The molecule has 0 saturated carbocycles. The van der Waals surface area contributed by atoms with E-state index in [4.69, 9.17) is 4.52 Å². The van der Waals surface area contributed by atoms with Crippen LogP contribution in [0.3, 0.4) is 0 Å². The Kier molecular flexibility index (Phi) is 2.51. The average Bonchev–Trinajstić information content (AvgIpc) is 2.59. The van der Waals surface area contributed by atoms with Crippen molar-refractivity contribution in [3.05, 3.63) is 35.2 Å². The van der Waals surface area contributed by atoms with Gasteiger partial charge in [0, 0.05) is 11.3 Å². The summed E-state index contributed by atoms with van der Waals surface area (Å²) < 4.78 is 5.15. The molecule has 0 unspecified atom stereocenters. The second-order valence-corrected chi connectivity index (χ2v) is 3.40. The summed E-state index contributed by atoms with van der Waals surface area (Å²) >= 11 is 0. The topological polar surface area (TPSA) is 59.2 Å². The van der Waals surface area contributed by atoms with Crippen molar-refractivity contribution in [2.75, 3.05) is 0 Å². The quantitative estimate of drug-likeness (QED) is 0.810. The van der Waals surface area contributed by atoms with E-state index in [1.165, 1.54) is 0 Å². The standard InChI is InChI=1S/C11H12N2O2/c1-7-4-3-5-10(12-7)11-9(6-14)8(2)13-15-11/h3-5,14H,6H2,1-2H3. The van der Waals surface area contributed by atoms with Gasteiger partial charge in [0.1, 0.15) is 5.69 Å². The van der Waals surface area contributed by atoms with Crippen molar-refractivity contribution in [1.29, 1.82) is 0 Å². The highest BCUT2D eigenvalue weighted by molar-refractivity contribution is 5.57. The largest absolute Gasteiger partial charge is 0.391 e.